The van der Waals surface area contributed by atoms with E-state index in [-0.39, 0.29) is 19.1 Å². The number of anilines is 1. The fraction of sp³-hybridized carbons (Fsp3) is 0.160. The van der Waals surface area contributed by atoms with Crippen molar-refractivity contribution in [2.45, 2.75) is 5.92 Å². The van der Waals surface area contributed by atoms with Crippen LogP contribution in [0.4, 0.5) is 10.5 Å². The fourth-order valence-electron chi connectivity index (χ4n) is 3.82. The first-order valence-corrected chi connectivity index (χ1v) is 10.3. The third kappa shape index (κ3) is 5.30. The summed E-state index contributed by atoms with van der Waals surface area (Å²) in [4.78, 5) is 35.0. The highest BCUT2D eigenvalue weighted by Gasteiger charge is 2.29. The normalized spacial score (nSPS) is 11.8. The van der Waals surface area contributed by atoms with E-state index in [1.54, 1.807) is 18.2 Å². The minimum atomic E-state index is -1.10. The molecule has 0 atom stereocenters. The highest BCUT2D eigenvalue weighted by atomic mass is 16.5. The van der Waals surface area contributed by atoms with Crippen LogP contribution in [0.5, 0.6) is 5.75 Å². The van der Waals surface area contributed by atoms with Crippen molar-refractivity contribution in [1.29, 1.82) is 0 Å². The molecule has 0 aromatic heterocycles. The Hall–Kier alpha value is -4.33. The topological polar surface area (TPSA) is 114 Å². The maximum absolute atomic E-state index is 12.2. The Bertz CT molecular complexity index is 1150. The van der Waals surface area contributed by atoms with Crippen molar-refractivity contribution in [2.75, 3.05) is 25.1 Å². The zero-order valence-corrected chi connectivity index (χ0v) is 17.6. The number of nitrogens with one attached hydrogen (secondary N) is 2. The Morgan fingerprint density at radius 1 is 0.879 bits per heavy atom. The molecule has 8 heteroatoms. The summed E-state index contributed by atoms with van der Waals surface area (Å²) < 4.78 is 10.5. The van der Waals surface area contributed by atoms with E-state index in [1.807, 2.05) is 36.4 Å². The standard InChI is InChI=1S/C25H22N2O6/c28-23(27-16-6-5-7-17(12-16)32-15-24(29)30)13-26-25(31)33-14-22-20-10-3-1-8-18(20)19-9-2-4-11-21(19)22/h1-12,22H,13-15H2,(H,26,31)(H,27,28)(H,29,30). The van der Waals surface area contributed by atoms with Crippen LogP contribution in [0.25, 0.3) is 11.1 Å². The number of aliphatic carboxylic acids is 1. The van der Waals surface area contributed by atoms with E-state index in [9.17, 15) is 14.4 Å². The summed E-state index contributed by atoms with van der Waals surface area (Å²) in [6.45, 7) is -0.609. The number of carboxylic acid groups (broad SMARTS) is 1. The predicted molar refractivity (Wildman–Crippen MR) is 121 cm³/mol. The molecule has 1 aliphatic carbocycles. The van der Waals surface area contributed by atoms with Gasteiger partial charge in [-0.2, -0.15) is 0 Å². The van der Waals surface area contributed by atoms with Crippen LogP contribution in [0.1, 0.15) is 17.0 Å². The molecular formula is C25H22N2O6. The average Bonchev–Trinajstić information content (AvgIpc) is 3.14. The van der Waals surface area contributed by atoms with Gasteiger partial charge in [0, 0.05) is 17.7 Å². The van der Waals surface area contributed by atoms with Crippen molar-refractivity contribution in [1.82, 2.24) is 5.32 Å². The van der Waals surface area contributed by atoms with Crippen molar-refractivity contribution in [3.63, 3.8) is 0 Å². The summed E-state index contributed by atoms with van der Waals surface area (Å²) >= 11 is 0. The number of benzene rings is 3. The number of carbonyl (C=O) groups is 3. The first-order chi connectivity index (χ1) is 16.0. The molecule has 0 fully saturated rings. The first-order valence-electron chi connectivity index (χ1n) is 10.3. The molecule has 0 bridgehead atoms. The molecule has 8 nitrogen and oxygen atoms in total. The van der Waals surface area contributed by atoms with Crippen LogP contribution in [0.3, 0.4) is 0 Å². The lowest BCUT2D eigenvalue weighted by molar-refractivity contribution is -0.139. The third-order valence-corrected chi connectivity index (χ3v) is 5.22. The molecule has 0 heterocycles. The van der Waals surface area contributed by atoms with Crippen LogP contribution in [-0.2, 0) is 14.3 Å². The third-order valence-electron chi connectivity index (χ3n) is 5.22. The molecule has 0 saturated heterocycles. The second kappa shape index (κ2) is 9.86. The van der Waals surface area contributed by atoms with E-state index in [4.69, 9.17) is 14.6 Å². The van der Waals surface area contributed by atoms with Crippen LogP contribution in [-0.4, -0.2) is 42.8 Å². The van der Waals surface area contributed by atoms with Gasteiger partial charge in [-0.25, -0.2) is 9.59 Å². The lowest BCUT2D eigenvalue weighted by atomic mass is 9.98. The molecule has 3 aromatic rings. The molecule has 0 aliphatic heterocycles. The van der Waals surface area contributed by atoms with E-state index < -0.39 is 24.6 Å². The maximum atomic E-state index is 12.2. The van der Waals surface area contributed by atoms with Crippen LogP contribution in [0.15, 0.2) is 72.8 Å². The van der Waals surface area contributed by atoms with Gasteiger partial charge in [0.1, 0.15) is 18.9 Å². The Balaban J connectivity index is 1.28. The van der Waals surface area contributed by atoms with Crippen molar-refractivity contribution in [3.8, 4) is 16.9 Å². The molecule has 33 heavy (non-hydrogen) atoms. The number of hydrogen-bond donors (Lipinski definition) is 3. The number of fused-ring (bicyclic) bond motifs is 3. The van der Waals surface area contributed by atoms with Gasteiger partial charge in [-0.05, 0) is 34.4 Å². The van der Waals surface area contributed by atoms with E-state index in [0.717, 1.165) is 22.3 Å². The minimum absolute atomic E-state index is 0.0643. The Kier molecular flexibility index (Phi) is 6.54. The largest absolute Gasteiger partial charge is 0.482 e. The zero-order valence-electron chi connectivity index (χ0n) is 17.6. The Morgan fingerprint density at radius 3 is 2.21 bits per heavy atom. The fourth-order valence-corrected chi connectivity index (χ4v) is 3.82. The lowest BCUT2D eigenvalue weighted by Crippen LogP contribution is -2.33. The molecule has 1 aliphatic rings. The van der Waals surface area contributed by atoms with Crippen molar-refractivity contribution in [2.24, 2.45) is 0 Å². The van der Waals surface area contributed by atoms with Crippen LogP contribution >= 0.6 is 0 Å². The van der Waals surface area contributed by atoms with Gasteiger partial charge in [-0.3, -0.25) is 4.79 Å². The summed E-state index contributed by atoms with van der Waals surface area (Å²) in [7, 11) is 0. The van der Waals surface area contributed by atoms with Gasteiger partial charge in [0.15, 0.2) is 6.61 Å². The summed E-state index contributed by atoms with van der Waals surface area (Å²) in [6.07, 6.45) is -0.689. The highest BCUT2D eigenvalue weighted by molar-refractivity contribution is 5.94. The van der Waals surface area contributed by atoms with Gasteiger partial charge in [0.05, 0.1) is 0 Å². The van der Waals surface area contributed by atoms with E-state index in [2.05, 4.69) is 22.8 Å². The van der Waals surface area contributed by atoms with Crippen LogP contribution < -0.4 is 15.4 Å². The molecule has 168 valence electrons. The van der Waals surface area contributed by atoms with Crippen LogP contribution in [0.2, 0.25) is 0 Å². The minimum Gasteiger partial charge on any atom is -0.482 e. The van der Waals surface area contributed by atoms with Crippen LogP contribution in [0, 0.1) is 0 Å². The van der Waals surface area contributed by atoms with Gasteiger partial charge in [0.2, 0.25) is 5.91 Å². The lowest BCUT2D eigenvalue weighted by Gasteiger charge is -2.14. The number of ether oxygens (including phenoxy) is 2. The summed E-state index contributed by atoms with van der Waals surface area (Å²) in [5.74, 6) is -1.32. The number of hydrogen-bond acceptors (Lipinski definition) is 5. The maximum Gasteiger partial charge on any atom is 0.407 e. The molecule has 0 unspecified atom stereocenters. The number of carbonyl (C=O) groups excluding carboxylic acids is 2. The zero-order chi connectivity index (χ0) is 23.2. The molecule has 3 N–H and O–H groups in total. The summed E-state index contributed by atoms with van der Waals surface area (Å²) in [5, 5.41) is 13.7. The van der Waals surface area contributed by atoms with E-state index in [1.165, 1.54) is 6.07 Å². The average molecular weight is 446 g/mol. The van der Waals surface area contributed by atoms with Crippen molar-refractivity contribution < 1.29 is 29.0 Å². The van der Waals surface area contributed by atoms with Gasteiger partial charge in [0.25, 0.3) is 0 Å². The SMILES string of the molecule is O=C(O)COc1cccc(NC(=O)CNC(=O)OCC2c3ccccc3-c3ccccc32)c1. The molecule has 3 aromatic carbocycles. The monoisotopic (exact) mass is 446 g/mol. The van der Waals surface area contributed by atoms with E-state index >= 15 is 0 Å². The van der Waals surface area contributed by atoms with Crippen molar-refractivity contribution >= 4 is 23.7 Å². The number of rotatable bonds is 8. The second-order valence-electron chi connectivity index (χ2n) is 7.44. The number of carboxylic acids is 1. The highest BCUT2D eigenvalue weighted by Crippen LogP contribution is 2.44. The van der Waals surface area contributed by atoms with Crippen molar-refractivity contribution in [3.05, 3.63) is 83.9 Å². The van der Waals surface area contributed by atoms with Gasteiger partial charge >= 0.3 is 12.1 Å². The molecule has 4 rings (SSSR count). The Labute approximate surface area is 190 Å². The second-order valence-corrected chi connectivity index (χ2v) is 7.44. The van der Waals surface area contributed by atoms with E-state index in [0.29, 0.717) is 11.4 Å². The summed E-state index contributed by atoms with van der Waals surface area (Å²) in [5.41, 5.74) is 4.90. The molecule has 0 spiro atoms. The quantitative estimate of drug-likeness (QED) is 0.487. The van der Waals surface area contributed by atoms with Gasteiger partial charge < -0.3 is 25.2 Å². The van der Waals surface area contributed by atoms with Gasteiger partial charge in [-0.1, -0.05) is 54.6 Å². The first kappa shape index (κ1) is 21.9. The molecular weight excluding hydrogens is 424 g/mol. The van der Waals surface area contributed by atoms with Gasteiger partial charge in [-0.15, -0.1) is 0 Å². The smallest absolute Gasteiger partial charge is 0.407 e. The molecule has 0 saturated carbocycles. The summed E-state index contributed by atoms with van der Waals surface area (Å²) in [6, 6.07) is 22.4. The predicted octanol–water partition coefficient (Wildman–Crippen LogP) is 3.63. The molecule has 2 amide bonds. The molecule has 0 radical (unpaired) electrons. The Morgan fingerprint density at radius 2 is 1.55 bits per heavy atom. The number of alkyl carbamates (subject to hydrolysis) is 1. The number of amides is 2.